The summed E-state index contributed by atoms with van der Waals surface area (Å²) in [6.45, 7) is 10.2. The maximum atomic E-state index is 5.86. The van der Waals surface area contributed by atoms with E-state index in [1.807, 2.05) is 0 Å². The molecule has 0 saturated carbocycles. The Morgan fingerprint density at radius 3 is 2.50 bits per heavy atom. The van der Waals surface area contributed by atoms with Gasteiger partial charge in [0.15, 0.2) is 0 Å². The van der Waals surface area contributed by atoms with Crippen molar-refractivity contribution < 1.29 is 4.74 Å². The van der Waals surface area contributed by atoms with E-state index in [-0.39, 0.29) is 5.60 Å². The average Bonchev–Trinajstić information content (AvgIpc) is 2.37. The smallest absolute Gasteiger partial charge is 0.0706 e. The lowest BCUT2D eigenvalue weighted by Gasteiger charge is -2.40. The molecule has 0 radical (unpaired) electrons. The van der Waals surface area contributed by atoms with Crippen molar-refractivity contribution in [1.29, 1.82) is 0 Å². The second kappa shape index (κ2) is 3.37. The Hall–Kier alpha value is -0.0400. The molecule has 72 valence electrons. The second-order valence-electron chi connectivity index (χ2n) is 4.82. The Morgan fingerprint density at radius 2 is 2.08 bits per heavy atom. The third-order valence-corrected chi connectivity index (χ3v) is 3.53. The molecule has 0 amide bonds. The van der Waals surface area contributed by atoms with E-state index >= 15 is 0 Å². The van der Waals surface area contributed by atoms with Crippen LogP contribution >= 0.6 is 0 Å². The number of ether oxygens (including phenoxy) is 1. The monoisotopic (exact) mass is 170 g/mol. The van der Waals surface area contributed by atoms with E-state index in [1.54, 1.807) is 0 Å². The van der Waals surface area contributed by atoms with Gasteiger partial charge < -0.3 is 4.74 Å². The van der Waals surface area contributed by atoms with Gasteiger partial charge in [-0.05, 0) is 31.6 Å². The van der Waals surface area contributed by atoms with Gasteiger partial charge in [-0.1, -0.05) is 27.2 Å². The average molecular weight is 170 g/mol. The van der Waals surface area contributed by atoms with Crippen LogP contribution in [0.25, 0.3) is 0 Å². The van der Waals surface area contributed by atoms with E-state index in [0.717, 1.165) is 6.61 Å². The summed E-state index contributed by atoms with van der Waals surface area (Å²) in [5, 5.41) is 0. The van der Waals surface area contributed by atoms with Gasteiger partial charge in [0.05, 0.1) is 5.60 Å². The number of rotatable bonds is 3. The van der Waals surface area contributed by atoms with Crippen molar-refractivity contribution in [3.63, 3.8) is 0 Å². The molecular weight excluding hydrogens is 148 g/mol. The Morgan fingerprint density at radius 1 is 1.42 bits per heavy atom. The van der Waals surface area contributed by atoms with Crippen molar-refractivity contribution in [2.24, 2.45) is 5.41 Å². The fraction of sp³-hybridized carbons (Fsp3) is 1.00. The first-order valence-corrected chi connectivity index (χ1v) is 5.16. The molecule has 0 aromatic rings. The lowest BCUT2D eigenvalue weighted by atomic mass is 9.71. The van der Waals surface area contributed by atoms with E-state index in [4.69, 9.17) is 4.74 Å². The number of hydrogen-bond acceptors (Lipinski definition) is 1. The molecule has 1 unspecified atom stereocenters. The van der Waals surface area contributed by atoms with Crippen molar-refractivity contribution in [2.45, 2.75) is 59.0 Å². The molecule has 1 aliphatic heterocycles. The first-order chi connectivity index (χ1) is 5.52. The van der Waals surface area contributed by atoms with Gasteiger partial charge >= 0.3 is 0 Å². The van der Waals surface area contributed by atoms with Gasteiger partial charge in [0.25, 0.3) is 0 Å². The van der Waals surface area contributed by atoms with Crippen LogP contribution in [0.4, 0.5) is 0 Å². The normalized spacial score (nSPS) is 31.0. The van der Waals surface area contributed by atoms with Crippen molar-refractivity contribution in [1.82, 2.24) is 0 Å². The van der Waals surface area contributed by atoms with E-state index < -0.39 is 0 Å². The molecule has 1 saturated heterocycles. The molecule has 0 aromatic carbocycles. The lowest BCUT2D eigenvalue weighted by molar-refractivity contribution is -0.0750. The molecular formula is C11H22O. The molecule has 1 atom stereocenters. The summed E-state index contributed by atoms with van der Waals surface area (Å²) in [5.74, 6) is 0. The molecule has 1 fully saturated rings. The fourth-order valence-electron chi connectivity index (χ4n) is 2.20. The Kier molecular flexibility index (Phi) is 2.82. The SMILES string of the molecule is CCCC(C)(C)C1(C)CCCO1. The van der Waals surface area contributed by atoms with Crippen LogP contribution in [0.5, 0.6) is 0 Å². The quantitative estimate of drug-likeness (QED) is 0.631. The summed E-state index contributed by atoms with van der Waals surface area (Å²) < 4.78 is 5.86. The third-order valence-electron chi connectivity index (χ3n) is 3.53. The Balaban J connectivity index is 2.64. The van der Waals surface area contributed by atoms with Gasteiger partial charge in [-0.25, -0.2) is 0 Å². The van der Waals surface area contributed by atoms with Crippen LogP contribution in [0.3, 0.4) is 0 Å². The molecule has 12 heavy (non-hydrogen) atoms. The molecule has 0 aromatic heterocycles. The van der Waals surface area contributed by atoms with Crippen LogP contribution < -0.4 is 0 Å². The summed E-state index contributed by atoms with van der Waals surface area (Å²) in [5.41, 5.74) is 0.487. The largest absolute Gasteiger partial charge is 0.375 e. The Bertz CT molecular complexity index is 143. The minimum absolute atomic E-state index is 0.142. The van der Waals surface area contributed by atoms with Gasteiger partial charge in [0, 0.05) is 6.61 Å². The van der Waals surface area contributed by atoms with Gasteiger partial charge in [0.1, 0.15) is 0 Å². The number of hydrogen-bond donors (Lipinski definition) is 0. The lowest BCUT2D eigenvalue weighted by Crippen LogP contribution is -2.41. The van der Waals surface area contributed by atoms with Gasteiger partial charge in [-0.15, -0.1) is 0 Å². The third kappa shape index (κ3) is 1.66. The molecule has 1 nitrogen and oxygen atoms in total. The maximum absolute atomic E-state index is 5.86. The molecule has 0 spiro atoms. The standard InChI is InChI=1S/C11H22O/c1-5-7-10(2,3)11(4)8-6-9-12-11/h5-9H2,1-4H3. The predicted octanol–water partition coefficient (Wildman–Crippen LogP) is 3.38. The fourth-order valence-corrected chi connectivity index (χ4v) is 2.20. The topological polar surface area (TPSA) is 9.23 Å². The molecule has 0 bridgehead atoms. The minimum Gasteiger partial charge on any atom is -0.375 e. The predicted molar refractivity (Wildman–Crippen MR) is 52.3 cm³/mol. The van der Waals surface area contributed by atoms with Crippen LogP contribution in [-0.4, -0.2) is 12.2 Å². The summed E-state index contributed by atoms with van der Waals surface area (Å²) in [6.07, 6.45) is 5.00. The van der Waals surface area contributed by atoms with Crippen molar-refractivity contribution >= 4 is 0 Å². The van der Waals surface area contributed by atoms with E-state index in [2.05, 4.69) is 27.7 Å². The summed E-state index contributed by atoms with van der Waals surface area (Å²) in [6, 6.07) is 0. The first kappa shape index (κ1) is 10.0. The van der Waals surface area contributed by atoms with Gasteiger partial charge in [0.2, 0.25) is 0 Å². The highest BCUT2D eigenvalue weighted by molar-refractivity contribution is 4.93. The van der Waals surface area contributed by atoms with E-state index in [0.29, 0.717) is 5.41 Å². The molecule has 0 N–H and O–H groups in total. The molecule has 1 aliphatic rings. The summed E-state index contributed by atoms with van der Waals surface area (Å²) in [4.78, 5) is 0. The van der Waals surface area contributed by atoms with Crippen LogP contribution in [0.2, 0.25) is 0 Å². The van der Waals surface area contributed by atoms with Crippen molar-refractivity contribution in [2.75, 3.05) is 6.61 Å². The van der Waals surface area contributed by atoms with Crippen LogP contribution in [0.1, 0.15) is 53.4 Å². The van der Waals surface area contributed by atoms with Gasteiger partial charge in [-0.3, -0.25) is 0 Å². The molecule has 0 aliphatic carbocycles. The van der Waals surface area contributed by atoms with Gasteiger partial charge in [-0.2, -0.15) is 0 Å². The Labute approximate surface area is 76.5 Å². The van der Waals surface area contributed by atoms with Crippen LogP contribution in [-0.2, 0) is 4.74 Å². The zero-order valence-corrected chi connectivity index (χ0v) is 8.94. The highest BCUT2D eigenvalue weighted by Crippen LogP contribution is 2.44. The minimum atomic E-state index is 0.142. The highest BCUT2D eigenvalue weighted by atomic mass is 16.5. The van der Waals surface area contributed by atoms with Crippen LogP contribution in [0.15, 0.2) is 0 Å². The van der Waals surface area contributed by atoms with E-state index in [9.17, 15) is 0 Å². The molecule has 1 heteroatoms. The maximum Gasteiger partial charge on any atom is 0.0706 e. The molecule has 1 heterocycles. The van der Waals surface area contributed by atoms with E-state index in [1.165, 1.54) is 25.7 Å². The van der Waals surface area contributed by atoms with Crippen molar-refractivity contribution in [3.05, 3.63) is 0 Å². The second-order valence-corrected chi connectivity index (χ2v) is 4.82. The summed E-state index contributed by atoms with van der Waals surface area (Å²) >= 11 is 0. The summed E-state index contributed by atoms with van der Waals surface area (Å²) in [7, 11) is 0. The first-order valence-electron chi connectivity index (χ1n) is 5.16. The van der Waals surface area contributed by atoms with Crippen molar-refractivity contribution in [3.8, 4) is 0 Å². The van der Waals surface area contributed by atoms with Crippen LogP contribution in [0, 0.1) is 5.41 Å². The highest BCUT2D eigenvalue weighted by Gasteiger charge is 2.43. The zero-order valence-electron chi connectivity index (χ0n) is 8.94. The zero-order chi connectivity index (χ0) is 9.24. The molecule has 1 rings (SSSR count).